The van der Waals surface area contributed by atoms with Gasteiger partial charge in [-0.05, 0) is 25.1 Å². The third-order valence-corrected chi connectivity index (χ3v) is 2.96. The third-order valence-electron chi connectivity index (χ3n) is 2.96. The molecule has 14 heavy (non-hydrogen) atoms. The van der Waals surface area contributed by atoms with Gasteiger partial charge in [-0.1, -0.05) is 18.2 Å². The number of aryl methyl sites for hydroxylation is 1. The summed E-state index contributed by atoms with van der Waals surface area (Å²) in [5.41, 5.74) is 4.27. The van der Waals surface area contributed by atoms with E-state index in [9.17, 15) is 0 Å². The Morgan fingerprint density at radius 3 is 2.71 bits per heavy atom. The number of para-hydroxylation sites is 1. The zero-order valence-corrected chi connectivity index (χ0v) is 9.25. The van der Waals surface area contributed by atoms with Crippen molar-refractivity contribution in [3.8, 4) is 0 Å². The third kappa shape index (κ3) is 1.62. The number of benzene rings is 1. The van der Waals surface area contributed by atoms with E-state index in [-0.39, 0.29) is 0 Å². The average Bonchev–Trinajstić information content (AvgIpc) is 2.27. The average molecular weight is 190 g/mol. The molecule has 0 radical (unpaired) electrons. The molecule has 0 saturated heterocycles. The molecule has 0 saturated carbocycles. The van der Waals surface area contributed by atoms with Crippen LogP contribution in [0.1, 0.15) is 11.1 Å². The van der Waals surface area contributed by atoms with Gasteiger partial charge in [-0.2, -0.15) is 0 Å². The Hall–Kier alpha value is -1.02. The molecule has 1 aromatic rings. The lowest BCUT2D eigenvalue weighted by molar-refractivity contribution is 0.342. The maximum Gasteiger partial charge on any atom is 0.0439 e. The summed E-state index contributed by atoms with van der Waals surface area (Å²) in [7, 11) is 4.37. The molecule has 2 rings (SSSR count). The monoisotopic (exact) mass is 190 g/mol. The fourth-order valence-corrected chi connectivity index (χ4v) is 2.20. The first-order valence-corrected chi connectivity index (χ1v) is 5.16. The van der Waals surface area contributed by atoms with Crippen LogP contribution in [0.2, 0.25) is 0 Å². The molecule has 0 fully saturated rings. The van der Waals surface area contributed by atoms with Gasteiger partial charge in [0, 0.05) is 32.4 Å². The second kappa shape index (κ2) is 3.62. The second-order valence-electron chi connectivity index (χ2n) is 4.24. The van der Waals surface area contributed by atoms with Gasteiger partial charge in [0.25, 0.3) is 0 Å². The standard InChI is InChI=1S/C12H18N2/c1-10-5-4-6-11-9-13(2)7-8-14(3)12(10)11/h4-6H,7-9H2,1-3H3. The van der Waals surface area contributed by atoms with Gasteiger partial charge in [0.2, 0.25) is 0 Å². The summed E-state index contributed by atoms with van der Waals surface area (Å²) in [5, 5.41) is 0. The maximum absolute atomic E-state index is 2.38. The molecule has 2 heteroatoms. The predicted octanol–water partition coefficient (Wildman–Crippen LogP) is 1.88. The lowest BCUT2D eigenvalue weighted by atomic mass is 10.1. The van der Waals surface area contributed by atoms with Gasteiger partial charge in [-0.3, -0.25) is 0 Å². The van der Waals surface area contributed by atoms with Gasteiger partial charge in [-0.15, -0.1) is 0 Å². The van der Waals surface area contributed by atoms with E-state index in [1.807, 2.05) is 0 Å². The number of likely N-dealkylation sites (N-methyl/N-ethyl adjacent to an activating group) is 2. The van der Waals surface area contributed by atoms with Crippen molar-refractivity contribution >= 4 is 5.69 Å². The fourth-order valence-electron chi connectivity index (χ4n) is 2.20. The number of hydrogen-bond acceptors (Lipinski definition) is 2. The van der Waals surface area contributed by atoms with E-state index in [2.05, 4.69) is 49.0 Å². The van der Waals surface area contributed by atoms with Crippen LogP contribution in [0.25, 0.3) is 0 Å². The fraction of sp³-hybridized carbons (Fsp3) is 0.500. The van der Waals surface area contributed by atoms with Crippen LogP contribution < -0.4 is 4.90 Å². The zero-order valence-electron chi connectivity index (χ0n) is 9.25. The molecule has 1 aliphatic heterocycles. The molecule has 0 unspecified atom stereocenters. The van der Waals surface area contributed by atoms with E-state index in [0.717, 1.165) is 19.6 Å². The number of rotatable bonds is 0. The van der Waals surface area contributed by atoms with Crippen molar-refractivity contribution < 1.29 is 0 Å². The van der Waals surface area contributed by atoms with Crippen molar-refractivity contribution in [2.24, 2.45) is 0 Å². The van der Waals surface area contributed by atoms with Crippen molar-refractivity contribution in [2.75, 3.05) is 32.1 Å². The summed E-state index contributed by atoms with van der Waals surface area (Å²) < 4.78 is 0. The topological polar surface area (TPSA) is 6.48 Å². The van der Waals surface area contributed by atoms with E-state index < -0.39 is 0 Å². The Morgan fingerprint density at radius 1 is 1.14 bits per heavy atom. The Bertz CT molecular complexity index is 333. The number of anilines is 1. The van der Waals surface area contributed by atoms with Crippen LogP contribution in [0.4, 0.5) is 5.69 Å². The largest absolute Gasteiger partial charge is 0.373 e. The molecule has 0 N–H and O–H groups in total. The van der Waals surface area contributed by atoms with Crippen molar-refractivity contribution in [3.05, 3.63) is 29.3 Å². The van der Waals surface area contributed by atoms with E-state index in [0.29, 0.717) is 0 Å². The minimum absolute atomic E-state index is 1.07. The first kappa shape index (κ1) is 9.53. The first-order valence-electron chi connectivity index (χ1n) is 5.16. The lowest BCUT2D eigenvalue weighted by Gasteiger charge is -2.20. The van der Waals surface area contributed by atoms with Gasteiger partial charge in [0.15, 0.2) is 0 Å². The van der Waals surface area contributed by atoms with E-state index in [1.165, 1.54) is 16.8 Å². The Balaban J connectivity index is 2.46. The summed E-state index contributed by atoms with van der Waals surface area (Å²) in [4.78, 5) is 4.75. The molecule has 1 aromatic carbocycles. The molecule has 0 aromatic heterocycles. The van der Waals surface area contributed by atoms with E-state index in [1.54, 1.807) is 0 Å². The molecular weight excluding hydrogens is 172 g/mol. The van der Waals surface area contributed by atoms with Crippen LogP contribution >= 0.6 is 0 Å². The molecule has 0 aliphatic carbocycles. The van der Waals surface area contributed by atoms with Crippen LogP contribution in [0.15, 0.2) is 18.2 Å². The number of hydrogen-bond donors (Lipinski definition) is 0. The Kier molecular flexibility index (Phi) is 2.46. The van der Waals surface area contributed by atoms with Crippen LogP contribution in [0, 0.1) is 6.92 Å². The van der Waals surface area contributed by atoms with Gasteiger partial charge < -0.3 is 9.80 Å². The predicted molar refractivity (Wildman–Crippen MR) is 60.8 cm³/mol. The summed E-state index contributed by atoms with van der Waals surface area (Å²) in [6.45, 7) is 5.53. The molecule has 1 heterocycles. The summed E-state index contributed by atoms with van der Waals surface area (Å²) in [6, 6.07) is 6.59. The normalized spacial score (nSPS) is 17.8. The highest BCUT2D eigenvalue weighted by atomic mass is 15.2. The summed E-state index contributed by atoms with van der Waals surface area (Å²) in [6.07, 6.45) is 0. The van der Waals surface area contributed by atoms with E-state index >= 15 is 0 Å². The molecule has 0 spiro atoms. The summed E-state index contributed by atoms with van der Waals surface area (Å²) in [5.74, 6) is 0. The molecule has 1 aliphatic rings. The lowest BCUT2D eigenvalue weighted by Crippen LogP contribution is -2.26. The van der Waals surface area contributed by atoms with Crippen molar-refractivity contribution in [3.63, 3.8) is 0 Å². The van der Waals surface area contributed by atoms with Crippen molar-refractivity contribution in [1.82, 2.24) is 4.90 Å². The molecule has 76 valence electrons. The smallest absolute Gasteiger partial charge is 0.0439 e. The highest BCUT2D eigenvalue weighted by molar-refractivity contribution is 5.59. The van der Waals surface area contributed by atoms with Gasteiger partial charge in [-0.25, -0.2) is 0 Å². The zero-order chi connectivity index (χ0) is 10.1. The molecule has 0 atom stereocenters. The SMILES string of the molecule is Cc1cccc2c1N(C)CCN(C)C2. The molecule has 0 bridgehead atoms. The highest BCUT2D eigenvalue weighted by Crippen LogP contribution is 2.26. The molecule has 2 nitrogen and oxygen atoms in total. The van der Waals surface area contributed by atoms with E-state index in [4.69, 9.17) is 0 Å². The van der Waals surface area contributed by atoms with Crippen molar-refractivity contribution in [2.45, 2.75) is 13.5 Å². The Labute approximate surface area is 86.1 Å². The first-order chi connectivity index (χ1) is 6.68. The number of nitrogens with zero attached hydrogens (tertiary/aromatic N) is 2. The minimum atomic E-state index is 1.07. The van der Waals surface area contributed by atoms with Crippen LogP contribution in [0.3, 0.4) is 0 Å². The summed E-state index contributed by atoms with van der Waals surface area (Å²) >= 11 is 0. The molecular formula is C12H18N2. The molecule has 0 amide bonds. The van der Waals surface area contributed by atoms with Gasteiger partial charge in [0.05, 0.1) is 0 Å². The maximum atomic E-state index is 2.38. The number of fused-ring (bicyclic) bond motifs is 1. The van der Waals surface area contributed by atoms with Gasteiger partial charge in [0.1, 0.15) is 0 Å². The van der Waals surface area contributed by atoms with Crippen molar-refractivity contribution in [1.29, 1.82) is 0 Å². The highest BCUT2D eigenvalue weighted by Gasteiger charge is 2.15. The van der Waals surface area contributed by atoms with Crippen LogP contribution in [-0.2, 0) is 6.54 Å². The quantitative estimate of drug-likeness (QED) is 0.616. The second-order valence-corrected chi connectivity index (χ2v) is 4.24. The Morgan fingerprint density at radius 2 is 1.93 bits per heavy atom. The van der Waals surface area contributed by atoms with Crippen LogP contribution in [-0.4, -0.2) is 32.1 Å². The minimum Gasteiger partial charge on any atom is -0.373 e. The van der Waals surface area contributed by atoms with Crippen LogP contribution in [0.5, 0.6) is 0 Å². The van der Waals surface area contributed by atoms with Gasteiger partial charge >= 0.3 is 0 Å².